The normalized spacial score (nSPS) is 17.4. The van der Waals surface area contributed by atoms with E-state index < -0.39 is 0 Å². The Balaban J connectivity index is 1.50. The van der Waals surface area contributed by atoms with E-state index in [9.17, 15) is 4.79 Å². The van der Waals surface area contributed by atoms with Crippen LogP contribution in [0.3, 0.4) is 0 Å². The van der Waals surface area contributed by atoms with Crippen molar-refractivity contribution in [2.75, 3.05) is 25.5 Å². The molecule has 1 aliphatic heterocycles. The maximum atomic E-state index is 13.0. The molecule has 4 heterocycles. The van der Waals surface area contributed by atoms with Crippen LogP contribution >= 0.6 is 0 Å². The van der Waals surface area contributed by atoms with Gasteiger partial charge in [-0.05, 0) is 31.2 Å². The maximum Gasteiger partial charge on any atom is 0.259 e. The number of anilines is 1. The first-order chi connectivity index (χ1) is 12.8. The van der Waals surface area contributed by atoms with E-state index in [2.05, 4.69) is 25.4 Å². The molecule has 1 N–H and O–H groups in total. The van der Waals surface area contributed by atoms with Gasteiger partial charge in [0.05, 0.1) is 11.9 Å². The van der Waals surface area contributed by atoms with Gasteiger partial charge in [0.15, 0.2) is 5.65 Å². The summed E-state index contributed by atoms with van der Waals surface area (Å²) < 4.78 is 1.63. The van der Waals surface area contributed by atoms with Crippen LogP contribution in [0.15, 0.2) is 37.1 Å². The second-order valence-corrected chi connectivity index (χ2v) is 6.51. The van der Waals surface area contributed by atoms with Crippen LogP contribution < -0.4 is 5.32 Å². The topological polar surface area (TPSA) is 88.3 Å². The standard InChI is InChI=1S/C18H21N7O/c1-19-16-15(20-6-7-21-16)10-13-4-2-8-24(12-13)18(26)14-11-23-25-9-3-5-22-17(14)25/h3,5-7,9,11,13H,2,4,8,10,12H2,1H3,(H,19,21)/t13-/m1/s1. The Morgan fingerprint density at radius 2 is 2.15 bits per heavy atom. The fourth-order valence-corrected chi connectivity index (χ4v) is 3.56. The molecule has 8 nitrogen and oxygen atoms in total. The molecule has 3 aromatic heterocycles. The molecule has 1 aliphatic rings. The molecule has 4 rings (SSSR count). The van der Waals surface area contributed by atoms with Crippen molar-refractivity contribution < 1.29 is 4.79 Å². The van der Waals surface area contributed by atoms with E-state index in [1.165, 1.54) is 0 Å². The summed E-state index contributed by atoms with van der Waals surface area (Å²) in [4.78, 5) is 28.0. The zero-order chi connectivity index (χ0) is 17.9. The second-order valence-electron chi connectivity index (χ2n) is 6.51. The minimum Gasteiger partial charge on any atom is -0.372 e. The number of nitrogens with zero attached hydrogens (tertiary/aromatic N) is 6. The SMILES string of the molecule is CNc1nccnc1C[C@H]1CCCN(C(=O)c2cnn3cccnc23)C1. The van der Waals surface area contributed by atoms with Crippen LogP contribution in [0.5, 0.6) is 0 Å². The summed E-state index contributed by atoms with van der Waals surface area (Å²) in [6.07, 6.45) is 11.4. The highest BCUT2D eigenvalue weighted by Crippen LogP contribution is 2.24. The van der Waals surface area contributed by atoms with Gasteiger partial charge < -0.3 is 10.2 Å². The Bertz CT molecular complexity index is 923. The number of hydrogen-bond acceptors (Lipinski definition) is 6. The predicted octanol–water partition coefficient (Wildman–Crippen LogP) is 1.66. The van der Waals surface area contributed by atoms with Crippen LogP contribution in [0.1, 0.15) is 28.9 Å². The van der Waals surface area contributed by atoms with Crippen molar-refractivity contribution in [1.82, 2.24) is 29.5 Å². The van der Waals surface area contributed by atoms with Crippen LogP contribution in [0, 0.1) is 5.92 Å². The van der Waals surface area contributed by atoms with Crippen molar-refractivity contribution in [3.63, 3.8) is 0 Å². The zero-order valence-electron chi connectivity index (χ0n) is 14.7. The zero-order valence-corrected chi connectivity index (χ0v) is 14.7. The first kappa shape index (κ1) is 16.4. The molecule has 8 heteroatoms. The highest BCUT2D eigenvalue weighted by Gasteiger charge is 2.27. The van der Waals surface area contributed by atoms with Crippen LogP contribution in [0.4, 0.5) is 5.82 Å². The summed E-state index contributed by atoms with van der Waals surface area (Å²) >= 11 is 0. The third-order valence-electron chi connectivity index (χ3n) is 4.81. The molecular weight excluding hydrogens is 330 g/mol. The van der Waals surface area contributed by atoms with Crippen LogP contribution in [-0.2, 0) is 6.42 Å². The lowest BCUT2D eigenvalue weighted by Crippen LogP contribution is -2.40. The fourth-order valence-electron chi connectivity index (χ4n) is 3.56. The predicted molar refractivity (Wildman–Crippen MR) is 96.9 cm³/mol. The van der Waals surface area contributed by atoms with E-state index >= 15 is 0 Å². The summed E-state index contributed by atoms with van der Waals surface area (Å²) in [6.45, 7) is 1.47. The quantitative estimate of drug-likeness (QED) is 0.769. The molecule has 1 amide bonds. The van der Waals surface area contributed by atoms with Crippen molar-refractivity contribution in [2.45, 2.75) is 19.3 Å². The lowest BCUT2D eigenvalue weighted by atomic mass is 9.93. The number of amides is 1. The fraction of sp³-hybridized carbons (Fsp3) is 0.389. The van der Waals surface area contributed by atoms with Gasteiger partial charge >= 0.3 is 0 Å². The van der Waals surface area contributed by atoms with Crippen molar-refractivity contribution in [1.29, 1.82) is 0 Å². The molecule has 0 spiro atoms. The summed E-state index contributed by atoms with van der Waals surface area (Å²) in [5.41, 5.74) is 2.11. The van der Waals surface area contributed by atoms with Gasteiger partial charge in [0, 0.05) is 44.9 Å². The molecule has 0 saturated carbocycles. The number of carbonyl (C=O) groups excluding carboxylic acids is 1. The van der Waals surface area contributed by atoms with Crippen LogP contribution in [0.25, 0.3) is 5.65 Å². The highest BCUT2D eigenvalue weighted by atomic mass is 16.2. The maximum absolute atomic E-state index is 13.0. The van der Waals surface area contributed by atoms with Gasteiger partial charge in [-0.25, -0.2) is 14.5 Å². The number of rotatable bonds is 4. The van der Waals surface area contributed by atoms with Gasteiger partial charge in [-0.3, -0.25) is 9.78 Å². The average molecular weight is 351 g/mol. The summed E-state index contributed by atoms with van der Waals surface area (Å²) in [5, 5.41) is 7.31. The molecule has 1 saturated heterocycles. The second kappa shape index (κ2) is 7.07. The van der Waals surface area contributed by atoms with Crippen molar-refractivity contribution in [3.8, 4) is 0 Å². The number of aromatic nitrogens is 5. The lowest BCUT2D eigenvalue weighted by Gasteiger charge is -2.32. The number of hydrogen-bond donors (Lipinski definition) is 1. The average Bonchev–Trinajstić information content (AvgIpc) is 3.12. The molecule has 0 unspecified atom stereocenters. The molecule has 0 aromatic carbocycles. The van der Waals surface area contributed by atoms with Crippen LogP contribution in [0.2, 0.25) is 0 Å². The first-order valence-electron chi connectivity index (χ1n) is 8.81. The van der Waals surface area contributed by atoms with Gasteiger partial charge in [-0.1, -0.05) is 0 Å². The Hall–Kier alpha value is -3.03. The third kappa shape index (κ3) is 3.10. The number of likely N-dealkylation sites (tertiary alicyclic amines) is 1. The molecule has 0 bridgehead atoms. The van der Waals surface area contributed by atoms with E-state index in [0.29, 0.717) is 23.7 Å². The molecule has 3 aromatic rings. The third-order valence-corrected chi connectivity index (χ3v) is 4.81. The van der Waals surface area contributed by atoms with E-state index in [-0.39, 0.29) is 5.91 Å². The Labute approximate surface area is 151 Å². The molecule has 26 heavy (non-hydrogen) atoms. The smallest absolute Gasteiger partial charge is 0.259 e. The van der Waals surface area contributed by atoms with Crippen molar-refractivity contribution in [3.05, 3.63) is 48.3 Å². The number of fused-ring (bicyclic) bond motifs is 1. The van der Waals surface area contributed by atoms with Gasteiger partial charge in [0.2, 0.25) is 0 Å². The molecule has 0 aliphatic carbocycles. The minimum atomic E-state index is -0.00335. The molecule has 0 radical (unpaired) electrons. The Morgan fingerprint density at radius 3 is 3.04 bits per heavy atom. The summed E-state index contributed by atoms with van der Waals surface area (Å²) in [6, 6.07) is 1.80. The van der Waals surface area contributed by atoms with Gasteiger partial charge in [0.25, 0.3) is 5.91 Å². The highest BCUT2D eigenvalue weighted by molar-refractivity contribution is 5.99. The van der Waals surface area contributed by atoms with Crippen molar-refractivity contribution >= 4 is 17.4 Å². The van der Waals surface area contributed by atoms with E-state index in [0.717, 1.165) is 37.3 Å². The number of carbonyl (C=O) groups is 1. The monoisotopic (exact) mass is 351 g/mol. The van der Waals surface area contributed by atoms with Gasteiger partial charge in [-0.15, -0.1) is 0 Å². The molecule has 1 fully saturated rings. The van der Waals surface area contributed by atoms with E-state index in [1.54, 1.807) is 41.6 Å². The molecular formula is C18H21N7O. The van der Waals surface area contributed by atoms with Gasteiger partial charge in [0.1, 0.15) is 11.4 Å². The largest absolute Gasteiger partial charge is 0.372 e. The van der Waals surface area contributed by atoms with Crippen LogP contribution in [-0.4, -0.2) is 55.5 Å². The number of nitrogens with one attached hydrogen (secondary N) is 1. The Morgan fingerprint density at radius 1 is 1.27 bits per heavy atom. The number of piperidine rings is 1. The molecule has 1 atom stereocenters. The van der Waals surface area contributed by atoms with Gasteiger partial charge in [-0.2, -0.15) is 5.10 Å². The summed E-state index contributed by atoms with van der Waals surface area (Å²) in [5.74, 6) is 1.17. The summed E-state index contributed by atoms with van der Waals surface area (Å²) in [7, 11) is 1.85. The van der Waals surface area contributed by atoms with E-state index in [1.807, 2.05) is 11.9 Å². The first-order valence-corrected chi connectivity index (χ1v) is 8.81. The lowest BCUT2D eigenvalue weighted by molar-refractivity contribution is 0.0674. The molecule has 134 valence electrons. The Kier molecular flexibility index (Phi) is 4.47. The van der Waals surface area contributed by atoms with Crippen molar-refractivity contribution in [2.24, 2.45) is 5.92 Å². The minimum absolute atomic E-state index is 0.00335. The van der Waals surface area contributed by atoms with E-state index in [4.69, 9.17) is 0 Å².